The average molecular weight is 263 g/mol. The van der Waals surface area contributed by atoms with Crippen LogP contribution in [0.15, 0.2) is 18.3 Å². The highest BCUT2D eigenvalue weighted by molar-refractivity contribution is 5.41. The van der Waals surface area contributed by atoms with Crippen LogP contribution >= 0.6 is 0 Å². The molecule has 2 heterocycles. The van der Waals surface area contributed by atoms with E-state index in [9.17, 15) is 0 Å². The number of hydrogen-bond donors (Lipinski definition) is 1. The zero-order valence-corrected chi connectivity index (χ0v) is 12.4. The van der Waals surface area contributed by atoms with Crippen LogP contribution in [0.2, 0.25) is 0 Å². The van der Waals surface area contributed by atoms with Crippen molar-refractivity contribution in [3.8, 4) is 0 Å². The lowest BCUT2D eigenvalue weighted by molar-refractivity contribution is 0.118. The SMILES string of the molecule is CC(C)NCc1ccnc(N(C)C2CCOC2C)c1. The molecular formula is C15H25N3O. The summed E-state index contributed by atoms with van der Waals surface area (Å²) in [5.74, 6) is 1.03. The first-order chi connectivity index (χ1) is 9.08. The zero-order valence-electron chi connectivity index (χ0n) is 12.4. The van der Waals surface area contributed by atoms with Crippen LogP contribution in [-0.2, 0) is 11.3 Å². The van der Waals surface area contributed by atoms with Crippen LogP contribution < -0.4 is 10.2 Å². The first-order valence-electron chi connectivity index (χ1n) is 7.10. The van der Waals surface area contributed by atoms with Gasteiger partial charge in [-0.3, -0.25) is 0 Å². The van der Waals surface area contributed by atoms with Gasteiger partial charge in [0.15, 0.2) is 0 Å². The van der Waals surface area contributed by atoms with Crippen molar-refractivity contribution in [2.75, 3.05) is 18.6 Å². The van der Waals surface area contributed by atoms with Crippen molar-refractivity contribution in [2.24, 2.45) is 0 Å². The van der Waals surface area contributed by atoms with Crippen LogP contribution in [0.1, 0.15) is 32.8 Å². The molecule has 19 heavy (non-hydrogen) atoms. The predicted molar refractivity (Wildman–Crippen MR) is 78.4 cm³/mol. The summed E-state index contributed by atoms with van der Waals surface area (Å²) >= 11 is 0. The number of likely N-dealkylation sites (N-methyl/N-ethyl adjacent to an activating group) is 1. The summed E-state index contributed by atoms with van der Waals surface area (Å²) in [4.78, 5) is 6.73. The van der Waals surface area contributed by atoms with Crippen molar-refractivity contribution in [1.82, 2.24) is 10.3 Å². The van der Waals surface area contributed by atoms with Crippen LogP contribution in [0.3, 0.4) is 0 Å². The molecule has 0 bridgehead atoms. The Morgan fingerprint density at radius 1 is 1.53 bits per heavy atom. The third-order valence-corrected chi connectivity index (χ3v) is 3.72. The fourth-order valence-corrected chi connectivity index (χ4v) is 2.48. The molecule has 1 aliphatic heterocycles. The zero-order chi connectivity index (χ0) is 13.8. The van der Waals surface area contributed by atoms with Crippen LogP contribution in [0.4, 0.5) is 5.82 Å². The first-order valence-corrected chi connectivity index (χ1v) is 7.10. The Kier molecular flexibility index (Phi) is 4.77. The topological polar surface area (TPSA) is 37.4 Å². The number of aromatic nitrogens is 1. The standard InChI is InChI=1S/C15H25N3O/c1-11(2)17-10-13-5-7-16-15(9-13)18(4)14-6-8-19-12(14)3/h5,7,9,11-12,14,17H,6,8,10H2,1-4H3. The lowest BCUT2D eigenvalue weighted by Crippen LogP contribution is -2.37. The predicted octanol–water partition coefficient (Wildman–Crippen LogP) is 2.19. The van der Waals surface area contributed by atoms with Gasteiger partial charge in [-0.1, -0.05) is 13.8 Å². The van der Waals surface area contributed by atoms with Gasteiger partial charge in [-0.15, -0.1) is 0 Å². The van der Waals surface area contributed by atoms with E-state index < -0.39 is 0 Å². The van der Waals surface area contributed by atoms with Gasteiger partial charge in [-0.2, -0.15) is 0 Å². The van der Waals surface area contributed by atoms with Crippen molar-refractivity contribution in [2.45, 2.75) is 51.9 Å². The minimum absolute atomic E-state index is 0.282. The lowest BCUT2D eigenvalue weighted by Gasteiger charge is -2.28. The molecule has 1 N–H and O–H groups in total. The van der Waals surface area contributed by atoms with Crippen molar-refractivity contribution < 1.29 is 4.74 Å². The van der Waals surface area contributed by atoms with E-state index >= 15 is 0 Å². The summed E-state index contributed by atoms with van der Waals surface area (Å²) in [6.45, 7) is 8.19. The van der Waals surface area contributed by atoms with Crippen molar-refractivity contribution in [3.05, 3.63) is 23.9 Å². The molecule has 1 aromatic heterocycles. The lowest BCUT2D eigenvalue weighted by atomic mass is 10.1. The highest BCUT2D eigenvalue weighted by Crippen LogP contribution is 2.23. The minimum Gasteiger partial charge on any atom is -0.376 e. The summed E-state index contributed by atoms with van der Waals surface area (Å²) in [6, 6.07) is 5.17. The molecule has 2 rings (SSSR count). The van der Waals surface area contributed by atoms with E-state index in [0.717, 1.165) is 25.4 Å². The van der Waals surface area contributed by atoms with Crippen molar-refractivity contribution in [3.63, 3.8) is 0 Å². The van der Waals surface area contributed by atoms with Gasteiger partial charge in [0.1, 0.15) is 5.82 Å². The largest absolute Gasteiger partial charge is 0.376 e. The Hall–Kier alpha value is -1.13. The fourth-order valence-electron chi connectivity index (χ4n) is 2.48. The van der Waals surface area contributed by atoms with Gasteiger partial charge in [0, 0.05) is 32.4 Å². The summed E-state index contributed by atoms with van der Waals surface area (Å²) in [7, 11) is 2.11. The smallest absolute Gasteiger partial charge is 0.128 e. The van der Waals surface area contributed by atoms with E-state index in [1.54, 1.807) is 0 Å². The summed E-state index contributed by atoms with van der Waals surface area (Å²) in [5.41, 5.74) is 1.28. The third-order valence-electron chi connectivity index (χ3n) is 3.72. The third kappa shape index (κ3) is 3.67. The molecule has 0 aliphatic carbocycles. The molecule has 1 aromatic rings. The number of ether oxygens (including phenoxy) is 1. The molecule has 4 heteroatoms. The molecular weight excluding hydrogens is 238 g/mol. The average Bonchev–Trinajstić information content (AvgIpc) is 2.82. The number of hydrogen-bond acceptors (Lipinski definition) is 4. The quantitative estimate of drug-likeness (QED) is 0.883. The van der Waals surface area contributed by atoms with Gasteiger partial charge in [-0.05, 0) is 31.0 Å². The van der Waals surface area contributed by atoms with Gasteiger partial charge in [0.2, 0.25) is 0 Å². The van der Waals surface area contributed by atoms with E-state index in [4.69, 9.17) is 4.74 Å². The molecule has 106 valence electrons. The molecule has 0 spiro atoms. The molecule has 1 saturated heterocycles. The van der Waals surface area contributed by atoms with Gasteiger partial charge in [0.25, 0.3) is 0 Å². The Labute approximate surface area is 116 Å². The monoisotopic (exact) mass is 263 g/mol. The van der Waals surface area contributed by atoms with Crippen LogP contribution in [-0.4, -0.2) is 36.8 Å². The van der Waals surface area contributed by atoms with E-state index in [1.165, 1.54) is 5.56 Å². The first kappa shape index (κ1) is 14.3. The summed E-state index contributed by atoms with van der Waals surface area (Å²) in [6.07, 6.45) is 3.25. The van der Waals surface area contributed by atoms with E-state index in [0.29, 0.717) is 12.1 Å². The van der Waals surface area contributed by atoms with E-state index in [2.05, 4.69) is 55.2 Å². The second-order valence-electron chi connectivity index (χ2n) is 5.60. The molecule has 0 saturated carbocycles. The molecule has 0 amide bonds. The van der Waals surface area contributed by atoms with E-state index in [-0.39, 0.29) is 6.10 Å². The van der Waals surface area contributed by atoms with Crippen LogP contribution in [0, 0.1) is 0 Å². The number of anilines is 1. The molecule has 2 atom stereocenters. The van der Waals surface area contributed by atoms with Gasteiger partial charge >= 0.3 is 0 Å². The maximum Gasteiger partial charge on any atom is 0.128 e. The Morgan fingerprint density at radius 3 is 2.95 bits per heavy atom. The van der Waals surface area contributed by atoms with Crippen molar-refractivity contribution in [1.29, 1.82) is 0 Å². The number of pyridine rings is 1. The molecule has 2 unspecified atom stereocenters. The van der Waals surface area contributed by atoms with Crippen LogP contribution in [0.5, 0.6) is 0 Å². The van der Waals surface area contributed by atoms with Gasteiger partial charge in [0.05, 0.1) is 12.1 Å². The second kappa shape index (κ2) is 6.35. The summed E-state index contributed by atoms with van der Waals surface area (Å²) < 4.78 is 5.64. The maximum absolute atomic E-state index is 5.64. The van der Waals surface area contributed by atoms with Gasteiger partial charge < -0.3 is 15.0 Å². The number of nitrogens with one attached hydrogen (secondary N) is 1. The Balaban J connectivity index is 2.05. The Bertz CT molecular complexity index is 408. The highest BCUT2D eigenvalue weighted by atomic mass is 16.5. The maximum atomic E-state index is 5.64. The molecule has 0 radical (unpaired) electrons. The molecule has 1 aliphatic rings. The van der Waals surface area contributed by atoms with Crippen LogP contribution in [0.25, 0.3) is 0 Å². The molecule has 4 nitrogen and oxygen atoms in total. The van der Waals surface area contributed by atoms with Gasteiger partial charge in [-0.25, -0.2) is 4.98 Å². The second-order valence-corrected chi connectivity index (χ2v) is 5.60. The fraction of sp³-hybridized carbons (Fsp3) is 0.667. The highest BCUT2D eigenvalue weighted by Gasteiger charge is 2.28. The normalized spacial score (nSPS) is 23.0. The number of nitrogens with zero attached hydrogens (tertiary/aromatic N) is 2. The van der Waals surface area contributed by atoms with E-state index in [1.807, 2.05) is 6.20 Å². The van der Waals surface area contributed by atoms with Crippen molar-refractivity contribution >= 4 is 5.82 Å². The molecule has 1 fully saturated rings. The Morgan fingerprint density at radius 2 is 2.32 bits per heavy atom. The molecule has 0 aromatic carbocycles. The summed E-state index contributed by atoms with van der Waals surface area (Å²) in [5, 5.41) is 3.44. The minimum atomic E-state index is 0.282. The number of rotatable bonds is 5.